The number of aliphatic hydroxyl groups is 1. The summed E-state index contributed by atoms with van der Waals surface area (Å²) in [7, 11) is 0. The van der Waals surface area contributed by atoms with E-state index in [4.69, 9.17) is 0 Å². The van der Waals surface area contributed by atoms with E-state index in [2.05, 4.69) is 6.92 Å². The van der Waals surface area contributed by atoms with Gasteiger partial charge in [0.1, 0.15) is 5.76 Å². The van der Waals surface area contributed by atoms with Crippen molar-refractivity contribution in [2.24, 2.45) is 0 Å². The topological polar surface area (TPSA) is 57.6 Å². The Hall–Kier alpha value is -2.88. The number of ketones is 1. The Bertz CT molecular complexity index is 910. The number of rotatable bonds is 7. The Morgan fingerprint density at radius 2 is 1.48 bits per heavy atom. The smallest absolute Gasteiger partial charge is 0.295 e. The maximum atomic E-state index is 12.9. The maximum absolute atomic E-state index is 12.9. The van der Waals surface area contributed by atoms with Gasteiger partial charge in [0.25, 0.3) is 11.7 Å². The van der Waals surface area contributed by atoms with E-state index in [0.29, 0.717) is 12.1 Å². The van der Waals surface area contributed by atoms with Crippen molar-refractivity contribution in [3.8, 4) is 0 Å². The number of Topliss-reactive ketones (excluding diaryl/α,β-unsaturated/α-hetero) is 1. The van der Waals surface area contributed by atoms with E-state index in [1.54, 1.807) is 17.0 Å². The van der Waals surface area contributed by atoms with Crippen molar-refractivity contribution in [2.45, 2.75) is 52.5 Å². The van der Waals surface area contributed by atoms with Crippen LogP contribution in [0.5, 0.6) is 0 Å². The van der Waals surface area contributed by atoms with Crippen LogP contribution >= 0.6 is 0 Å². The number of hydrogen-bond acceptors (Lipinski definition) is 3. The summed E-state index contributed by atoms with van der Waals surface area (Å²) in [4.78, 5) is 27.4. The quantitative estimate of drug-likeness (QED) is 0.301. The monoisotopic (exact) mass is 391 g/mol. The molecule has 3 rings (SSSR count). The van der Waals surface area contributed by atoms with Crippen LogP contribution in [-0.2, 0) is 9.59 Å². The van der Waals surface area contributed by atoms with Crippen LogP contribution in [0.1, 0.15) is 60.9 Å². The molecule has 1 aliphatic heterocycles. The first kappa shape index (κ1) is 20.8. The molecule has 1 aliphatic rings. The second-order valence-electron chi connectivity index (χ2n) is 7.83. The summed E-state index contributed by atoms with van der Waals surface area (Å²) in [5, 5.41) is 11.0. The van der Waals surface area contributed by atoms with Gasteiger partial charge < -0.3 is 10.0 Å². The van der Waals surface area contributed by atoms with Gasteiger partial charge in [0.2, 0.25) is 0 Å². The molecule has 2 aromatic carbocycles. The number of benzene rings is 2. The Morgan fingerprint density at radius 3 is 2.07 bits per heavy atom. The molecule has 0 bridgehead atoms. The molecule has 1 heterocycles. The zero-order valence-electron chi connectivity index (χ0n) is 17.4. The molecule has 0 spiro atoms. The number of amides is 1. The lowest BCUT2D eigenvalue weighted by Crippen LogP contribution is -2.30. The van der Waals surface area contributed by atoms with Crippen LogP contribution in [0.15, 0.2) is 54.1 Å². The third kappa shape index (κ3) is 4.42. The van der Waals surface area contributed by atoms with E-state index < -0.39 is 17.7 Å². The number of nitrogens with zero attached hydrogens (tertiary/aromatic N) is 1. The van der Waals surface area contributed by atoms with E-state index in [1.165, 1.54) is 0 Å². The van der Waals surface area contributed by atoms with Crippen LogP contribution in [-0.4, -0.2) is 28.2 Å². The van der Waals surface area contributed by atoms with Gasteiger partial charge in [0, 0.05) is 12.1 Å². The molecule has 1 fully saturated rings. The Labute approximate surface area is 172 Å². The molecule has 4 heteroatoms. The third-order valence-corrected chi connectivity index (χ3v) is 5.51. The van der Waals surface area contributed by atoms with E-state index in [0.717, 1.165) is 42.4 Å². The van der Waals surface area contributed by atoms with Crippen molar-refractivity contribution in [3.63, 3.8) is 0 Å². The Balaban J connectivity index is 2.05. The van der Waals surface area contributed by atoms with Gasteiger partial charge in [0.05, 0.1) is 11.6 Å². The second-order valence-corrected chi connectivity index (χ2v) is 7.83. The number of likely N-dealkylation sites (tertiary alicyclic amines) is 1. The SMILES string of the molecule is CCCCCCN1C(=O)C(=O)/C(=C(/O)c2ccc(C)cc2)[C@H]1c1ccc(C)cc1. The molecule has 2 aromatic rings. The fourth-order valence-electron chi connectivity index (χ4n) is 3.78. The predicted molar refractivity (Wildman–Crippen MR) is 116 cm³/mol. The van der Waals surface area contributed by atoms with Crippen molar-refractivity contribution in [1.29, 1.82) is 0 Å². The number of hydrogen-bond donors (Lipinski definition) is 1. The molecule has 1 amide bonds. The van der Waals surface area contributed by atoms with Crippen LogP contribution in [0.2, 0.25) is 0 Å². The largest absolute Gasteiger partial charge is 0.507 e. The summed E-state index contributed by atoms with van der Waals surface area (Å²) in [5.74, 6) is -1.24. The fourth-order valence-corrected chi connectivity index (χ4v) is 3.78. The van der Waals surface area contributed by atoms with Crippen molar-refractivity contribution in [2.75, 3.05) is 6.54 Å². The number of carbonyl (C=O) groups excluding carboxylic acids is 2. The van der Waals surface area contributed by atoms with E-state index in [9.17, 15) is 14.7 Å². The minimum atomic E-state index is -0.607. The van der Waals surface area contributed by atoms with Gasteiger partial charge in [-0.05, 0) is 25.8 Å². The summed E-state index contributed by atoms with van der Waals surface area (Å²) < 4.78 is 0. The summed E-state index contributed by atoms with van der Waals surface area (Å²) >= 11 is 0. The van der Waals surface area contributed by atoms with Crippen LogP contribution in [0.4, 0.5) is 0 Å². The van der Waals surface area contributed by atoms with Gasteiger partial charge in [-0.2, -0.15) is 0 Å². The van der Waals surface area contributed by atoms with Gasteiger partial charge in [0.15, 0.2) is 0 Å². The van der Waals surface area contributed by atoms with E-state index in [-0.39, 0.29) is 11.3 Å². The normalized spacial score (nSPS) is 18.4. The molecule has 152 valence electrons. The average Bonchev–Trinajstić information content (AvgIpc) is 2.96. The molecular weight excluding hydrogens is 362 g/mol. The minimum absolute atomic E-state index is 0.106. The Kier molecular flexibility index (Phi) is 6.53. The summed E-state index contributed by atoms with van der Waals surface area (Å²) in [5.41, 5.74) is 3.74. The molecule has 0 aromatic heterocycles. The highest BCUT2D eigenvalue weighted by molar-refractivity contribution is 6.46. The molecule has 0 radical (unpaired) electrons. The molecule has 0 unspecified atom stereocenters. The van der Waals surface area contributed by atoms with Crippen molar-refractivity contribution in [1.82, 2.24) is 4.90 Å². The van der Waals surface area contributed by atoms with Crippen LogP contribution in [0.3, 0.4) is 0 Å². The maximum Gasteiger partial charge on any atom is 0.295 e. The van der Waals surface area contributed by atoms with Gasteiger partial charge in [-0.15, -0.1) is 0 Å². The van der Waals surface area contributed by atoms with Gasteiger partial charge in [-0.25, -0.2) is 0 Å². The third-order valence-electron chi connectivity index (χ3n) is 5.51. The van der Waals surface area contributed by atoms with Crippen LogP contribution in [0.25, 0.3) is 5.76 Å². The van der Waals surface area contributed by atoms with E-state index >= 15 is 0 Å². The summed E-state index contributed by atoms with van der Waals surface area (Å²) in [6.45, 7) is 6.61. The zero-order chi connectivity index (χ0) is 21.0. The highest BCUT2D eigenvalue weighted by atomic mass is 16.3. The molecule has 0 saturated carbocycles. The number of aryl methyl sites for hydroxylation is 2. The highest BCUT2D eigenvalue weighted by Crippen LogP contribution is 2.39. The molecule has 0 aliphatic carbocycles. The molecular formula is C25H29NO3. The average molecular weight is 392 g/mol. The molecule has 4 nitrogen and oxygen atoms in total. The highest BCUT2D eigenvalue weighted by Gasteiger charge is 2.45. The van der Waals surface area contributed by atoms with Crippen LogP contribution in [0, 0.1) is 13.8 Å². The first-order valence-corrected chi connectivity index (χ1v) is 10.4. The summed E-state index contributed by atoms with van der Waals surface area (Å²) in [6.07, 6.45) is 4.06. The van der Waals surface area contributed by atoms with Gasteiger partial charge in [-0.1, -0.05) is 85.8 Å². The minimum Gasteiger partial charge on any atom is -0.507 e. The van der Waals surface area contributed by atoms with Crippen molar-refractivity contribution < 1.29 is 14.7 Å². The molecule has 1 saturated heterocycles. The molecule has 1 atom stereocenters. The number of unbranched alkanes of at least 4 members (excludes halogenated alkanes) is 3. The number of aliphatic hydroxyl groups excluding tert-OH is 1. The lowest BCUT2D eigenvalue weighted by molar-refractivity contribution is -0.139. The lowest BCUT2D eigenvalue weighted by Gasteiger charge is -2.25. The number of carbonyl (C=O) groups is 2. The van der Waals surface area contributed by atoms with E-state index in [1.807, 2.05) is 50.2 Å². The van der Waals surface area contributed by atoms with Gasteiger partial charge in [-0.3, -0.25) is 9.59 Å². The standard InChI is InChI=1S/C25H29NO3/c1-4-5-6-7-16-26-22(19-12-8-17(2)9-13-19)21(24(28)25(26)29)23(27)20-14-10-18(3)11-15-20/h8-15,22,27H,4-7,16H2,1-3H3/b23-21+/t22-/m1/s1. The zero-order valence-corrected chi connectivity index (χ0v) is 17.4. The van der Waals surface area contributed by atoms with Crippen LogP contribution < -0.4 is 0 Å². The van der Waals surface area contributed by atoms with Crippen molar-refractivity contribution in [3.05, 3.63) is 76.4 Å². The Morgan fingerprint density at radius 1 is 0.897 bits per heavy atom. The first-order valence-electron chi connectivity index (χ1n) is 10.4. The predicted octanol–water partition coefficient (Wildman–Crippen LogP) is 5.31. The van der Waals surface area contributed by atoms with Crippen molar-refractivity contribution >= 4 is 17.4 Å². The lowest BCUT2D eigenvalue weighted by atomic mass is 9.94. The first-order chi connectivity index (χ1) is 13.9. The van der Waals surface area contributed by atoms with Gasteiger partial charge >= 0.3 is 0 Å². The fraction of sp³-hybridized carbons (Fsp3) is 0.360. The molecule has 29 heavy (non-hydrogen) atoms. The second kappa shape index (κ2) is 9.08. The summed E-state index contributed by atoms with van der Waals surface area (Å²) in [6, 6.07) is 14.6. The molecule has 1 N–H and O–H groups in total.